The van der Waals surface area contributed by atoms with E-state index in [0.29, 0.717) is 0 Å². The van der Waals surface area contributed by atoms with E-state index >= 15 is 0 Å². The van der Waals surface area contributed by atoms with E-state index in [1.54, 1.807) is 7.05 Å². The van der Waals surface area contributed by atoms with E-state index in [9.17, 15) is 0 Å². The van der Waals surface area contributed by atoms with Gasteiger partial charge in [-0.3, -0.25) is 14.7 Å². The third kappa shape index (κ3) is 5.34. The average Bonchev–Trinajstić information content (AvgIpc) is 3.00. The summed E-state index contributed by atoms with van der Waals surface area (Å²) in [5, 5.41) is 11.0. The highest BCUT2D eigenvalue weighted by Gasteiger charge is 2.16. The number of nitrogens with zero attached hydrogens (tertiary/aromatic N) is 5. The zero-order valence-electron chi connectivity index (χ0n) is 14.9. The van der Waals surface area contributed by atoms with Crippen molar-refractivity contribution in [2.24, 2.45) is 12.0 Å². The summed E-state index contributed by atoms with van der Waals surface area (Å²) >= 11 is 0. The number of guanidine groups is 1. The third-order valence-electron chi connectivity index (χ3n) is 3.82. The molecule has 2 heterocycles. The van der Waals surface area contributed by atoms with Crippen LogP contribution < -0.4 is 10.6 Å². The van der Waals surface area contributed by atoms with E-state index in [4.69, 9.17) is 0 Å². The van der Waals surface area contributed by atoms with Gasteiger partial charge in [0.25, 0.3) is 0 Å². The van der Waals surface area contributed by atoms with Crippen molar-refractivity contribution in [2.45, 2.75) is 12.5 Å². The van der Waals surface area contributed by atoms with E-state index in [1.165, 1.54) is 5.56 Å². The molecule has 0 saturated carbocycles. The molecule has 24 heavy (non-hydrogen) atoms. The maximum Gasteiger partial charge on any atom is 0.191 e. The summed E-state index contributed by atoms with van der Waals surface area (Å²) in [5.74, 6) is 0.793. The summed E-state index contributed by atoms with van der Waals surface area (Å²) in [4.78, 5) is 10.8. The summed E-state index contributed by atoms with van der Waals surface area (Å²) < 4.78 is 1.83. The summed E-state index contributed by atoms with van der Waals surface area (Å²) in [6, 6.07) is 6.19. The molecular weight excluding hydrogens is 302 g/mol. The molecule has 0 aliphatic rings. The SMILES string of the molecule is CN=C(NCCc1ccccn1)NCC(c1cnn(C)c1)N(C)C. The summed E-state index contributed by atoms with van der Waals surface area (Å²) in [6.45, 7) is 1.54. The molecule has 2 aromatic rings. The average molecular weight is 329 g/mol. The monoisotopic (exact) mass is 329 g/mol. The fourth-order valence-electron chi connectivity index (χ4n) is 2.48. The van der Waals surface area contributed by atoms with Crippen LogP contribution >= 0.6 is 0 Å². The third-order valence-corrected chi connectivity index (χ3v) is 3.82. The maximum absolute atomic E-state index is 4.32. The van der Waals surface area contributed by atoms with E-state index in [1.807, 2.05) is 48.5 Å². The number of aliphatic imine (C=N–C) groups is 1. The lowest BCUT2D eigenvalue weighted by Crippen LogP contribution is -2.42. The Labute approximate surface area is 143 Å². The number of aryl methyl sites for hydroxylation is 1. The van der Waals surface area contributed by atoms with Gasteiger partial charge in [-0.15, -0.1) is 0 Å². The first-order chi connectivity index (χ1) is 11.6. The molecule has 1 unspecified atom stereocenters. The Morgan fingerprint density at radius 3 is 2.75 bits per heavy atom. The van der Waals surface area contributed by atoms with Crippen LogP contribution in [-0.2, 0) is 13.5 Å². The van der Waals surface area contributed by atoms with Crippen molar-refractivity contribution in [3.05, 3.63) is 48.0 Å². The smallest absolute Gasteiger partial charge is 0.191 e. The van der Waals surface area contributed by atoms with E-state index in [0.717, 1.165) is 31.2 Å². The summed E-state index contributed by atoms with van der Waals surface area (Å²) in [6.07, 6.45) is 6.63. The lowest BCUT2D eigenvalue weighted by molar-refractivity contribution is 0.298. The van der Waals surface area contributed by atoms with Crippen LogP contribution in [0.2, 0.25) is 0 Å². The number of aromatic nitrogens is 3. The molecule has 0 fully saturated rings. The lowest BCUT2D eigenvalue weighted by Gasteiger charge is -2.24. The lowest BCUT2D eigenvalue weighted by atomic mass is 10.1. The highest BCUT2D eigenvalue weighted by molar-refractivity contribution is 5.79. The second-order valence-corrected chi connectivity index (χ2v) is 5.88. The van der Waals surface area contributed by atoms with Crippen LogP contribution in [0.4, 0.5) is 0 Å². The number of rotatable bonds is 7. The Balaban J connectivity index is 1.83. The minimum Gasteiger partial charge on any atom is -0.356 e. The second kappa shape index (κ2) is 9.02. The van der Waals surface area contributed by atoms with Crippen LogP contribution in [0.5, 0.6) is 0 Å². The van der Waals surface area contributed by atoms with Crippen molar-refractivity contribution in [1.29, 1.82) is 0 Å². The zero-order chi connectivity index (χ0) is 17.4. The molecule has 7 nitrogen and oxygen atoms in total. The number of likely N-dealkylation sites (N-methyl/N-ethyl adjacent to an activating group) is 1. The first-order valence-electron chi connectivity index (χ1n) is 8.09. The van der Waals surface area contributed by atoms with Gasteiger partial charge >= 0.3 is 0 Å². The summed E-state index contributed by atoms with van der Waals surface area (Å²) in [7, 11) is 7.85. The number of pyridine rings is 1. The van der Waals surface area contributed by atoms with Crippen LogP contribution in [0.1, 0.15) is 17.3 Å². The Kier molecular flexibility index (Phi) is 6.74. The maximum atomic E-state index is 4.32. The Hall–Kier alpha value is -2.41. The van der Waals surface area contributed by atoms with Crippen LogP contribution in [0, 0.1) is 0 Å². The normalized spacial score (nSPS) is 13.1. The van der Waals surface area contributed by atoms with Gasteiger partial charge in [-0.2, -0.15) is 5.10 Å². The van der Waals surface area contributed by atoms with Gasteiger partial charge in [0.1, 0.15) is 0 Å². The van der Waals surface area contributed by atoms with E-state index < -0.39 is 0 Å². The van der Waals surface area contributed by atoms with E-state index in [-0.39, 0.29) is 6.04 Å². The quantitative estimate of drug-likeness (QED) is 0.581. The van der Waals surface area contributed by atoms with Crippen molar-refractivity contribution in [1.82, 2.24) is 30.3 Å². The van der Waals surface area contributed by atoms with Crippen LogP contribution in [0.15, 0.2) is 41.8 Å². The molecule has 0 saturated heterocycles. The van der Waals surface area contributed by atoms with Crippen LogP contribution in [-0.4, -0.2) is 59.9 Å². The molecule has 0 amide bonds. The molecule has 0 aliphatic heterocycles. The van der Waals surface area contributed by atoms with Gasteiger partial charge in [0.05, 0.1) is 12.2 Å². The largest absolute Gasteiger partial charge is 0.356 e. The number of hydrogen-bond donors (Lipinski definition) is 2. The molecule has 7 heteroatoms. The Bertz CT molecular complexity index is 633. The first kappa shape index (κ1) is 17.9. The molecular formula is C17H27N7. The fourth-order valence-corrected chi connectivity index (χ4v) is 2.48. The molecule has 2 rings (SSSR count). The molecule has 2 aromatic heterocycles. The highest BCUT2D eigenvalue weighted by atomic mass is 15.3. The minimum absolute atomic E-state index is 0.230. The number of hydrogen-bond acceptors (Lipinski definition) is 4. The molecule has 0 aromatic carbocycles. The second-order valence-electron chi connectivity index (χ2n) is 5.88. The molecule has 0 aliphatic carbocycles. The predicted molar refractivity (Wildman–Crippen MR) is 96.9 cm³/mol. The van der Waals surface area contributed by atoms with Crippen LogP contribution in [0.3, 0.4) is 0 Å². The van der Waals surface area contributed by atoms with Crippen molar-refractivity contribution in [3.63, 3.8) is 0 Å². The van der Waals surface area contributed by atoms with Gasteiger partial charge in [-0.05, 0) is 26.2 Å². The zero-order valence-corrected chi connectivity index (χ0v) is 14.9. The first-order valence-corrected chi connectivity index (χ1v) is 8.09. The van der Waals surface area contributed by atoms with Crippen molar-refractivity contribution in [2.75, 3.05) is 34.2 Å². The minimum atomic E-state index is 0.230. The van der Waals surface area contributed by atoms with E-state index in [2.05, 4.69) is 44.7 Å². The van der Waals surface area contributed by atoms with Gasteiger partial charge in [-0.1, -0.05) is 6.07 Å². The fraction of sp³-hybridized carbons (Fsp3) is 0.471. The van der Waals surface area contributed by atoms with Crippen LogP contribution in [0.25, 0.3) is 0 Å². The highest BCUT2D eigenvalue weighted by Crippen LogP contribution is 2.15. The van der Waals surface area contributed by atoms with Gasteiger partial charge in [-0.25, -0.2) is 0 Å². The van der Waals surface area contributed by atoms with Gasteiger partial charge in [0.15, 0.2) is 5.96 Å². The van der Waals surface area contributed by atoms with Gasteiger partial charge in [0.2, 0.25) is 0 Å². The molecule has 0 radical (unpaired) electrons. The standard InChI is InChI=1S/C17H27N7/c1-18-17(20-10-8-15-7-5-6-9-19-15)21-12-16(23(2)3)14-11-22-24(4)13-14/h5-7,9,11,13,16H,8,10,12H2,1-4H3,(H2,18,20,21). The summed E-state index contributed by atoms with van der Waals surface area (Å²) in [5.41, 5.74) is 2.25. The van der Waals surface area contributed by atoms with Gasteiger partial charge in [0, 0.05) is 57.3 Å². The molecule has 0 spiro atoms. The molecule has 1 atom stereocenters. The number of nitrogens with one attached hydrogen (secondary N) is 2. The van der Waals surface area contributed by atoms with Crippen molar-refractivity contribution in [3.8, 4) is 0 Å². The van der Waals surface area contributed by atoms with Crippen molar-refractivity contribution >= 4 is 5.96 Å². The van der Waals surface area contributed by atoms with Gasteiger partial charge < -0.3 is 15.5 Å². The molecule has 2 N–H and O–H groups in total. The Morgan fingerprint density at radius 1 is 1.33 bits per heavy atom. The molecule has 0 bridgehead atoms. The van der Waals surface area contributed by atoms with Crippen molar-refractivity contribution < 1.29 is 0 Å². The molecule has 130 valence electrons. The Morgan fingerprint density at radius 2 is 2.17 bits per heavy atom. The topological polar surface area (TPSA) is 70.4 Å². The predicted octanol–water partition coefficient (Wildman–Crippen LogP) is 0.826.